The zero-order valence-electron chi connectivity index (χ0n) is 14.5. The minimum atomic E-state index is -0.710. The number of hydrogen-bond donors (Lipinski definition) is 2. The van der Waals surface area contributed by atoms with Gasteiger partial charge in [-0.25, -0.2) is 0 Å². The molecule has 2 N–H and O–H groups in total. The Morgan fingerprint density at radius 3 is 2.31 bits per heavy atom. The molecule has 1 aliphatic rings. The third kappa shape index (κ3) is 3.81. The number of halogens is 1. The van der Waals surface area contributed by atoms with Crippen molar-refractivity contribution in [3.63, 3.8) is 0 Å². The Bertz CT molecular complexity index is 799. The predicted molar refractivity (Wildman–Crippen MR) is 103 cm³/mol. The molecule has 0 atom stereocenters. The molecule has 0 aliphatic carbocycles. The second kappa shape index (κ2) is 8.01. The van der Waals surface area contributed by atoms with Gasteiger partial charge in [0.25, 0.3) is 5.91 Å². The molecule has 26 heavy (non-hydrogen) atoms. The molecule has 1 fully saturated rings. The lowest BCUT2D eigenvalue weighted by Gasteiger charge is -2.36. The van der Waals surface area contributed by atoms with Crippen molar-refractivity contribution in [2.45, 2.75) is 25.2 Å². The van der Waals surface area contributed by atoms with Crippen molar-refractivity contribution in [3.05, 3.63) is 69.7 Å². The first-order valence-corrected chi connectivity index (χ1v) is 9.32. The Morgan fingerprint density at radius 1 is 1.00 bits per heavy atom. The standard InChI is InChI=1S/C20H21BrN2O3/c1-14-4-2-3-5-17(14)18(24)22-23-19(25)20(10-12-26-13-11-20)15-6-8-16(21)9-7-15/h2-9H,10-13H2,1H3,(H,22,24)(H,23,25). The van der Waals surface area contributed by atoms with E-state index in [9.17, 15) is 9.59 Å². The summed E-state index contributed by atoms with van der Waals surface area (Å²) in [5.41, 5.74) is 6.79. The summed E-state index contributed by atoms with van der Waals surface area (Å²) in [6, 6.07) is 15.0. The molecule has 2 amide bonds. The van der Waals surface area contributed by atoms with Gasteiger partial charge in [-0.05, 0) is 49.1 Å². The van der Waals surface area contributed by atoms with Crippen LogP contribution in [-0.2, 0) is 14.9 Å². The van der Waals surface area contributed by atoms with Gasteiger partial charge in [0.1, 0.15) is 0 Å². The van der Waals surface area contributed by atoms with Crippen LogP contribution in [0.3, 0.4) is 0 Å². The first kappa shape index (κ1) is 18.6. The van der Waals surface area contributed by atoms with E-state index < -0.39 is 5.41 Å². The van der Waals surface area contributed by atoms with Crippen LogP contribution >= 0.6 is 15.9 Å². The fourth-order valence-electron chi connectivity index (χ4n) is 3.26. The molecule has 0 unspecified atom stereocenters. The first-order chi connectivity index (χ1) is 12.5. The average Bonchev–Trinajstić information content (AvgIpc) is 2.67. The molecular formula is C20H21BrN2O3. The molecule has 3 rings (SSSR count). The van der Waals surface area contributed by atoms with Crippen LogP contribution in [0.2, 0.25) is 0 Å². The molecule has 0 spiro atoms. The van der Waals surface area contributed by atoms with E-state index in [1.54, 1.807) is 12.1 Å². The lowest BCUT2D eigenvalue weighted by atomic mass is 9.73. The molecule has 5 nitrogen and oxygen atoms in total. The van der Waals surface area contributed by atoms with E-state index >= 15 is 0 Å². The van der Waals surface area contributed by atoms with E-state index in [2.05, 4.69) is 26.8 Å². The Hall–Kier alpha value is -2.18. The number of hydrazine groups is 1. The van der Waals surface area contributed by atoms with Crippen molar-refractivity contribution in [1.82, 2.24) is 10.9 Å². The average molecular weight is 417 g/mol. The van der Waals surface area contributed by atoms with Crippen molar-refractivity contribution in [2.24, 2.45) is 0 Å². The lowest BCUT2D eigenvalue weighted by Crippen LogP contribution is -2.53. The van der Waals surface area contributed by atoms with E-state index in [0.717, 1.165) is 15.6 Å². The highest BCUT2D eigenvalue weighted by atomic mass is 79.9. The summed E-state index contributed by atoms with van der Waals surface area (Å²) in [5, 5.41) is 0. The SMILES string of the molecule is Cc1ccccc1C(=O)NNC(=O)C1(c2ccc(Br)cc2)CCOCC1. The molecule has 2 aromatic rings. The number of amides is 2. The number of ether oxygens (including phenoxy) is 1. The van der Waals surface area contributed by atoms with Crippen molar-refractivity contribution in [3.8, 4) is 0 Å². The molecule has 1 aliphatic heterocycles. The van der Waals surface area contributed by atoms with Crippen molar-refractivity contribution < 1.29 is 14.3 Å². The third-order valence-electron chi connectivity index (χ3n) is 4.86. The van der Waals surface area contributed by atoms with E-state index in [-0.39, 0.29) is 11.8 Å². The maximum absolute atomic E-state index is 13.0. The third-order valence-corrected chi connectivity index (χ3v) is 5.39. The number of carbonyl (C=O) groups excluding carboxylic acids is 2. The molecule has 1 saturated heterocycles. The zero-order valence-corrected chi connectivity index (χ0v) is 16.1. The minimum Gasteiger partial charge on any atom is -0.381 e. The van der Waals surface area contributed by atoms with Crippen LogP contribution in [0, 0.1) is 6.92 Å². The summed E-state index contributed by atoms with van der Waals surface area (Å²) in [7, 11) is 0. The minimum absolute atomic E-state index is 0.218. The van der Waals surface area contributed by atoms with Crippen molar-refractivity contribution in [1.29, 1.82) is 0 Å². The smallest absolute Gasteiger partial charge is 0.269 e. The molecule has 136 valence electrons. The van der Waals surface area contributed by atoms with Gasteiger partial charge in [-0.3, -0.25) is 20.4 Å². The highest BCUT2D eigenvalue weighted by Gasteiger charge is 2.42. The van der Waals surface area contributed by atoms with Gasteiger partial charge in [-0.15, -0.1) is 0 Å². The second-order valence-corrected chi connectivity index (χ2v) is 7.34. The number of benzene rings is 2. The summed E-state index contributed by atoms with van der Waals surface area (Å²) in [6.07, 6.45) is 1.14. The van der Waals surface area contributed by atoms with Gasteiger partial charge in [0.2, 0.25) is 5.91 Å². The van der Waals surface area contributed by atoms with E-state index in [4.69, 9.17) is 4.74 Å². The van der Waals surface area contributed by atoms with Gasteiger partial charge >= 0.3 is 0 Å². The Morgan fingerprint density at radius 2 is 1.65 bits per heavy atom. The molecule has 6 heteroatoms. The molecule has 1 heterocycles. The summed E-state index contributed by atoms with van der Waals surface area (Å²) in [5.74, 6) is -0.542. The lowest BCUT2D eigenvalue weighted by molar-refractivity contribution is -0.131. The van der Waals surface area contributed by atoms with Crippen LogP contribution in [0.25, 0.3) is 0 Å². The monoisotopic (exact) mass is 416 g/mol. The highest BCUT2D eigenvalue weighted by molar-refractivity contribution is 9.10. The molecule has 0 aromatic heterocycles. The maximum Gasteiger partial charge on any atom is 0.269 e. The second-order valence-electron chi connectivity index (χ2n) is 6.42. The van der Waals surface area contributed by atoms with Crippen LogP contribution in [-0.4, -0.2) is 25.0 Å². The van der Waals surface area contributed by atoms with Gasteiger partial charge in [-0.2, -0.15) is 0 Å². The van der Waals surface area contributed by atoms with Crippen molar-refractivity contribution in [2.75, 3.05) is 13.2 Å². The fourth-order valence-corrected chi connectivity index (χ4v) is 3.53. The first-order valence-electron chi connectivity index (χ1n) is 8.53. The molecule has 2 aromatic carbocycles. The van der Waals surface area contributed by atoms with Crippen molar-refractivity contribution >= 4 is 27.7 Å². The van der Waals surface area contributed by atoms with Crippen LogP contribution in [0.4, 0.5) is 0 Å². The normalized spacial score (nSPS) is 15.9. The Kier molecular flexibility index (Phi) is 5.74. The predicted octanol–water partition coefficient (Wildman–Crippen LogP) is 3.27. The summed E-state index contributed by atoms with van der Waals surface area (Å²) >= 11 is 3.42. The van der Waals surface area contributed by atoms with Gasteiger partial charge in [0, 0.05) is 23.2 Å². The van der Waals surface area contributed by atoms with E-state index in [0.29, 0.717) is 31.6 Å². The number of rotatable bonds is 3. The Balaban J connectivity index is 1.77. The molecule has 0 bridgehead atoms. The van der Waals surface area contributed by atoms with E-state index in [1.165, 1.54) is 0 Å². The van der Waals surface area contributed by atoms with Crippen LogP contribution in [0.1, 0.15) is 34.3 Å². The van der Waals surface area contributed by atoms with Crippen LogP contribution in [0.5, 0.6) is 0 Å². The van der Waals surface area contributed by atoms with Gasteiger partial charge < -0.3 is 4.74 Å². The van der Waals surface area contributed by atoms with E-state index in [1.807, 2.05) is 43.3 Å². The van der Waals surface area contributed by atoms with Crippen LogP contribution in [0.15, 0.2) is 53.0 Å². The van der Waals surface area contributed by atoms with Gasteiger partial charge in [0.05, 0.1) is 5.41 Å². The van der Waals surface area contributed by atoms with Crippen LogP contribution < -0.4 is 10.9 Å². The quantitative estimate of drug-likeness (QED) is 0.754. The summed E-state index contributed by atoms with van der Waals surface area (Å²) < 4.78 is 6.41. The Labute approximate surface area is 161 Å². The highest BCUT2D eigenvalue weighted by Crippen LogP contribution is 2.35. The van der Waals surface area contributed by atoms with Gasteiger partial charge in [0.15, 0.2) is 0 Å². The number of nitrogens with one attached hydrogen (secondary N) is 2. The molecule has 0 saturated carbocycles. The number of carbonyl (C=O) groups is 2. The fraction of sp³-hybridized carbons (Fsp3) is 0.300. The topological polar surface area (TPSA) is 67.4 Å². The van der Waals surface area contributed by atoms with Gasteiger partial charge in [-0.1, -0.05) is 46.3 Å². The largest absolute Gasteiger partial charge is 0.381 e. The number of aryl methyl sites for hydroxylation is 1. The summed E-state index contributed by atoms with van der Waals surface area (Å²) in [4.78, 5) is 25.4. The molecular weight excluding hydrogens is 396 g/mol. The number of hydrogen-bond acceptors (Lipinski definition) is 3. The maximum atomic E-state index is 13.0. The molecule has 0 radical (unpaired) electrons. The summed E-state index contributed by atoms with van der Waals surface area (Å²) in [6.45, 7) is 2.88. The zero-order chi connectivity index (χ0) is 18.6.